The quantitative estimate of drug-likeness (QED) is 0.728. The smallest absolute Gasteiger partial charge is 0.174 e. The topological polar surface area (TPSA) is 38.7 Å². The maximum absolute atomic E-state index is 10.4. The van der Waals surface area contributed by atoms with Crippen molar-refractivity contribution in [2.24, 2.45) is 11.8 Å². The molecule has 2 rings (SSSR count). The van der Waals surface area contributed by atoms with Crippen LogP contribution in [0.25, 0.3) is 0 Å². The van der Waals surface area contributed by atoms with Gasteiger partial charge in [0.15, 0.2) is 5.79 Å². The normalized spacial score (nSPS) is 30.2. The molecule has 0 spiro atoms. The molecule has 1 N–H and O–H groups in total. The first-order valence-electron chi connectivity index (χ1n) is 7.19. The van der Waals surface area contributed by atoms with Crippen molar-refractivity contribution in [3.63, 3.8) is 0 Å². The Morgan fingerprint density at radius 1 is 1.12 bits per heavy atom. The predicted molar refractivity (Wildman–Crippen MR) is 66.7 cm³/mol. The van der Waals surface area contributed by atoms with Crippen LogP contribution in [0.3, 0.4) is 0 Å². The van der Waals surface area contributed by atoms with Crippen LogP contribution < -0.4 is 0 Å². The number of ether oxygens (including phenoxy) is 2. The fourth-order valence-electron chi connectivity index (χ4n) is 3.29. The second-order valence-corrected chi connectivity index (χ2v) is 5.38. The maximum atomic E-state index is 10.4. The van der Waals surface area contributed by atoms with Crippen LogP contribution in [-0.2, 0) is 9.47 Å². The molecular formula is C14H26O3. The summed E-state index contributed by atoms with van der Waals surface area (Å²) in [5.41, 5.74) is 0. The molecule has 2 unspecified atom stereocenters. The summed E-state index contributed by atoms with van der Waals surface area (Å²) in [6.07, 6.45) is 6.85. The van der Waals surface area contributed by atoms with Gasteiger partial charge < -0.3 is 14.6 Å². The van der Waals surface area contributed by atoms with Crippen LogP contribution in [0, 0.1) is 11.8 Å². The molecule has 3 heteroatoms. The van der Waals surface area contributed by atoms with Gasteiger partial charge in [0.2, 0.25) is 0 Å². The van der Waals surface area contributed by atoms with Crippen LogP contribution in [0.15, 0.2) is 0 Å². The number of rotatable bonds is 6. The molecule has 0 radical (unpaired) electrons. The average molecular weight is 242 g/mol. The van der Waals surface area contributed by atoms with Crippen LogP contribution >= 0.6 is 0 Å². The third kappa shape index (κ3) is 2.83. The molecule has 2 fully saturated rings. The van der Waals surface area contributed by atoms with Gasteiger partial charge in [-0.05, 0) is 32.6 Å². The molecular weight excluding hydrogens is 216 g/mol. The molecule has 2 aliphatic rings. The van der Waals surface area contributed by atoms with Gasteiger partial charge in [-0.25, -0.2) is 0 Å². The van der Waals surface area contributed by atoms with Crippen molar-refractivity contribution < 1.29 is 14.6 Å². The summed E-state index contributed by atoms with van der Waals surface area (Å²) in [5.74, 6) is 0.211. The Labute approximate surface area is 104 Å². The van der Waals surface area contributed by atoms with E-state index < -0.39 is 5.79 Å². The lowest BCUT2D eigenvalue weighted by molar-refractivity contribution is -0.182. The molecule has 0 aromatic carbocycles. The van der Waals surface area contributed by atoms with E-state index in [0.717, 1.165) is 6.42 Å². The van der Waals surface area contributed by atoms with Crippen LogP contribution in [-0.4, -0.2) is 30.2 Å². The molecule has 2 saturated carbocycles. The van der Waals surface area contributed by atoms with Gasteiger partial charge in [0.05, 0.1) is 6.10 Å². The molecule has 0 heterocycles. The van der Waals surface area contributed by atoms with E-state index in [4.69, 9.17) is 9.47 Å². The van der Waals surface area contributed by atoms with E-state index in [2.05, 4.69) is 0 Å². The highest BCUT2D eigenvalue weighted by atomic mass is 16.7. The number of hydrogen-bond acceptors (Lipinski definition) is 3. The molecule has 0 bridgehead atoms. The lowest BCUT2D eigenvalue weighted by atomic mass is 9.83. The summed E-state index contributed by atoms with van der Waals surface area (Å²) in [6, 6.07) is 0. The molecule has 2 aliphatic carbocycles. The zero-order valence-electron chi connectivity index (χ0n) is 11.2. The van der Waals surface area contributed by atoms with Crippen molar-refractivity contribution in [2.45, 2.75) is 64.3 Å². The summed E-state index contributed by atoms with van der Waals surface area (Å²) in [6.45, 7) is 5.30. The van der Waals surface area contributed by atoms with E-state index in [-0.39, 0.29) is 12.0 Å². The van der Waals surface area contributed by atoms with Gasteiger partial charge in [-0.1, -0.05) is 19.3 Å². The van der Waals surface area contributed by atoms with Crippen LogP contribution in [0.5, 0.6) is 0 Å². The minimum atomic E-state index is -0.458. The molecule has 0 aromatic heterocycles. The Kier molecular flexibility index (Phi) is 4.45. The highest BCUT2D eigenvalue weighted by Gasteiger charge is 2.61. The van der Waals surface area contributed by atoms with Gasteiger partial charge >= 0.3 is 0 Å². The first-order chi connectivity index (χ1) is 8.23. The van der Waals surface area contributed by atoms with Gasteiger partial charge in [-0.2, -0.15) is 0 Å². The van der Waals surface area contributed by atoms with Crippen molar-refractivity contribution in [3.05, 3.63) is 0 Å². The molecule has 0 aromatic rings. The molecule has 3 nitrogen and oxygen atoms in total. The largest absolute Gasteiger partial charge is 0.392 e. The van der Waals surface area contributed by atoms with Gasteiger partial charge in [0.1, 0.15) is 0 Å². The number of aliphatic hydroxyl groups is 1. The van der Waals surface area contributed by atoms with Crippen LogP contribution in [0.1, 0.15) is 52.4 Å². The fourth-order valence-corrected chi connectivity index (χ4v) is 3.29. The minimum Gasteiger partial charge on any atom is -0.392 e. The summed E-state index contributed by atoms with van der Waals surface area (Å²) in [7, 11) is 0. The van der Waals surface area contributed by atoms with Crippen molar-refractivity contribution in [1.82, 2.24) is 0 Å². The van der Waals surface area contributed by atoms with Crippen molar-refractivity contribution in [1.29, 1.82) is 0 Å². The Balaban J connectivity index is 1.89. The number of aliphatic hydroxyl groups excluding tert-OH is 1. The Morgan fingerprint density at radius 3 is 2.24 bits per heavy atom. The van der Waals surface area contributed by atoms with E-state index in [1.807, 2.05) is 13.8 Å². The predicted octanol–water partition coefficient (Wildman–Crippen LogP) is 2.72. The second-order valence-electron chi connectivity index (χ2n) is 5.38. The molecule has 0 amide bonds. The maximum Gasteiger partial charge on any atom is 0.174 e. The third-order valence-electron chi connectivity index (χ3n) is 4.23. The van der Waals surface area contributed by atoms with Gasteiger partial charge in [-0.3, -0.25) is 0 Å². The van der Waals surface area contributed by atoms with Gasteiger partial charge in [-0.15, -0.1) is 0 Å². The fraction of sp³-hybridized carbons (Fsp3) is 1.00. The zero-order valence-corrected chi connectivity index (χ0v) is 11.2. The molecule has 2 atom stereocenters. The van der Waals surface area contributed by atoms with E-state index >= 15 is 0 Å². The lowest BCUT2D eigenvalue weighted by Gasteiger charge is -2.28. The average Bonchev–Trinajstić information content (AvgIpc) is 3.04. The Bertz CT molecular complexity index is 230. The van der Waals surface area contributed by atoms with Crippen LogP contribution in [0.4, 0.5) is 0 Å². The van der Waals surface area contributed by atoms with Gasteiger partial charge in [0, 0.05) is 25.6 Å². The molecule has 17 heavy (non-hydrogen) atoms. The first-order valence-corrected chi connectivity index (χ1v) is 7.19. The lowest BCUT2D eigenvalue weighted by Crippen LogP contribution is -2.32. The van der Waals surface area contributed by atoms with Crippen molar-refractivity contribution in [3.8, 4) is 0 Å². The summed E-state index contributed by atoms with van der Waals surface area (Å²) >= 11 is 0. The van der Waals surface area contributed by atoms with E-state index in [0.29, 0.717) is 19.1 Å². The molecule has 0 aliphatic heterocycles. The first kappa shape index (κ1) is 13.3. The Hall–Kier alpha value is -0.120. The third-order valence-corrected chi connectivity index (χ3v) is 4.23. The van der Waals surface area contributed by atoms with E-state index in [9.17, 15) is 5.11 Å². The summed E-state index contributed by atoms with van der Waals surface area (Å²) in [5, 5.41) is 10.4. The monoisotopic (exact) mass is 242 g/mol. The molecule has 100 valence electrons. The van der Waals surface area contributed by atoms with E-state index in [1.165, 1.54) is 32.1 Å². The summed E-state index contributed by atoms with van der Waals surface area (Å²) < 4.78 is 11.4. The SMILES string of the molecule is CCOC1(OCC)CC1C(O)C1CCCCC1. The van der Waals surface area contributed by atoms with E-state index in [1.54, 1.807) is 0 Å². The van der Waals surface area contributed by atoms with Gasteiger partial charge in [0.25, 0.3) is 0 Å². The highest BCUT2D eigenvalue weighted by Crippen LogP contribution is 2.52. The second kappa shape index (κ2) is 5.68. The summed E-state index contributed by atoms with van der Waals surface area (Å²) in [4.78, 5) is 0. The van der Waals surface area contributed by atoms with Crippen LogP contribution in [0.2, 0.25) is 0 Å². The van der Waals surface area contributed by atoms with Crippen molar-refractivity contribution >= 4 is 0 Å². The standard InChI is InChI=1S/C14H26O3/c1-3-16-14(17-4-2)10-12(14)13(15)11-8-6-5-7-9-11/h11-13,15H,3-10H2,1-2H3. The minimum absolute atomic E-state index is 0.200. The highest BCUT2D eigenvalue weighted by molar-refractivity contribution is 5.03. The van der Waals surface area contributed by atoms with Crippen molar-refractivity contribution in [2.75, 3.05) is 13.2 Å². The molecule has 0 saturated heterocycles. The zero-order chi connectivity index (χ0) is 12.3. The Morgan fingerprint density at radius 2 is 1.71 bits per heavy atom. The number of hydrogen-bond donors (Lipinski definition) is 1.